The number of nitrogens with zero attached hydrogens (tertiary/aromatic N) is 1. The van der Waals surface area contributed by atoms with Gasteiger partial charge in [-0.25, -0.2) is 0 Å². The Bertz CT molecular complexity index is 3670. The van der Waals surface area contributed by atoms with Gasteiger partial charge in [0.25, 0.3) is 11.1 Å². The van der Waals surface area contributed by atoms with Gasteiger partial charge in [0, 0.05) is 84.0 Å². The molecule has 0 saturated carbocycles. The van der Waals surface area contributed by atoms with Crippen molar-refractivity contribution in [1.29, 1.82) is 0 Å². The molecule has 6 aromatic carbocycles. The molecule has 13 rings (SSSR count). The molecule has 15 heteroatoms. The number of fused-ring (bicyclic) bond motifs is 7. The first kappa shape index (κ1) is 54.0. The summed E-state index contributed by atoms with van der Waals surface area (Å²) in [7, 11) is 0. The van der Waals surface area contributed by atoms with Gasteiger partial charge >= 0.3 is 0 Å². The van der Waals surface area contributed by atoms with Crippen LogP contribution >= 0.6 is 69.1 Å². The zero-order valence-corrected chi connectivity index (χ0v) is 45.6. The first-order chi connectivity index (χ1) is 37.1. The zero-order chi connectivity index (χ0) is 53.0. The Kier molecular flexibility index (Phi) is 18.4. The number of aromatic amines is 3. The van der Waals surface area contributed by atoms with Gasteiger partial charge in [0.05, 0.1) is 21.8 Å². The molecule has 0 radical (unpaired) electrons. The third kappa shape index (κ3) is 12.9. The molecule has 2 unspecified atom stereocenters. The van der Waals surface area contributed by atoms with Crippen molar-refractivity contribution in [2.24, 2.45) is 5.73 Å². The molecule has 0 saturated heterocycles. The number of thiophene rings is 2. The van der Waals surface area contributed by atoms with Crippen molar-refractivity contribution in [3.05, 3.63) is 256 Å². The highest BCUT2D eigenvalue weighted by Gasteiger charge is 2.35. The zero-order valence-electron chi connectivity index (χ0n) is 41.0. The summed E-state index contributed by atoms with van der Waals surface area (Å²) in [6.07, 6.45) is 5.70. The number of para-hydroxylation sites is 3. The van der Waals surface area contributed by atoms with Crippen molar-refractivity contribution in [2.75, 3.05) is 19.6 Å². The Hall–Kier alpha value is -6.77. The van der Waals surface area contributed by atoms with Gasteiger partial charge in [-0.3, -0.25) is 14.4 Å². The predicted octanol–water partition coefficient (Wildman–Crippen LogP) is 15.7. The summed E-state index contributed by atoms with van der Waals surface area (Å²) >= 11 is 25.6. The molecule has 7 heterocycles. The van der Waals surface area contributed by atoms with Crippen LogP contribution in [-0.4, -0.2) is 56.9 Å². The van der Waals surface area contributed by atoms with Crippen LogP contribution in [0.3, 0.4) is 0 Å². The number of aldehydes is 1. The molecule has 0 bridgehead atoms. The van der Waals surface area contributed by atoms with E-state index in [4.69, 9.17) is 52.1 Å². The molecule has 2 atom stereocenters. The third-order valence-corrected chi connectivity index (χ3v) is 15.9. The van der Waals surface area contributed by atoms with E-state index < -0.39 is 0 Å². The highest BCUT2D eigenvalue weighted by Crippen LogP contribution is 2.40. The topological polar surface area (TPSA) is 140 Å². The van der Waals surface area contributed by atoms with Crippen LogP contribution in [0.25, 0.3) is 32.7 Å². The molecule has 5 aromatic heterocycles. The summed E-state index contributed by atoms with van der Waals surface area (Å²) in [5.74, 6) is 0.0780. The van der Waals surface area contributed by atoms with E-state index in [1.54, 1.807) is 36.4 Å². The van der Waals surface area contributed by atoms with E-state index in [9.17, 15) is 14.4 Å². The van der Waals surface area contributed by atoms with Crippen LogP contribution in [0.4, 0.5) is 0 Å². The van der Waals surface area contributed by atoms with Gasteiger partial charge in [-0.15, -0.1) is 22.7 Å². The molecule has 2 aliphatic heterocycles. The monoisotopic (exact) mass is 1120 g/mol. The highest BCUT2D eigenvalue weighted by molar-refractivity contribution is 7.14. The first-order valence-electron chi connectivity index (χ1n) is 24.6. The van der Waals surface area contributed by atoms with E-state index in [2.05, 4.69) is 93.1 Å². The molecule has 1 amide bonds. The SMILES string of the molecule is Clc1ccc(C2NCCc3c2[nH]c2ccccc32)cc1.NCCc1c[nH]c2ccccc12.O=C(Cl)c1cccs1.O=C(c1cccs1)N1CCc2c([nH]c3ccccc23)C1c1ccc(Cl)cc1.O=Cc1ccc(Cl)cc1. The van der Waals surface area contributed by atoms with Crippen molar-refractivity contribution >= 4 is 119 Å². The minimum Gasteiger partial charge on any atom is -0.361 e. The number of nitrogens with two attached hydrogens (primary N) is 1. The molecule has 384 valence electrons. The summed E-state index contributed by atoms with van der Waals surface area (Å²) in [5, 5.41) is 13.0. The number of hydrogen-bond donors (Lipinski definition) is 5. The van der Waals surface area contributed by atoms with Crippen LogP contribution in [0.2, 0.25) is 15.1 Å². The molecule has 11 aromatic rings. The summed E-state index contributed by atoms with van der Waals surface area (Å²) in [6, 6.07) is 55.2. The number of nitrogens with one attached hydrogen (secondary N) is 4. The fraction of sp³-hybridized carbons (Fsp3) is 0.131. The molecule has 9 nitrogen and oxygen atoms in total. The van der Waals surface area contributed by atoms with Crippen LogP contribution in [-0.2, 0) is 19.3 Å². The van der Waals surface area contributed by atoms with Crippen molar-refractivity contribution in [3.63, 3.8) is 0 Å². The number of rotatable bonds is 7. The standard InChI is InChI=1S/C22H17ClN2OS.C17H15ClN2.C10H12N2.C7H5ClO.C5H3ClOS/c23-15-9-7-14(8-10-15)21-20-17(16-4-1-2-5-18(16)24-20)11-12-25(21)22(26)19-6-3-13-27-19;18-12-7-5-11(6-8-12)16-17-14(9-10-19-16)13-3-1-2-4-15(13)20-17;11-6-5-8-7-12-10-4-2-1-3-9(8)10;8-7-3-1-6(5-9)2-4-7;6-5(7)4-2-1-3-8-4/h1-10,13,21,24H,11-12H2;1-8,16,19-20H,9-10H2;1-4,7,12H,5-6,11H2;1-5H;1-3H. The first-order valence-corrected chi connectivity index (χ1v) is 27.8. The Labute approximate surface area is 468 Å². The van der Waals surface area contributed by atoms with Crippen LogP contribution in [0.15, 0.2) is 187 Å². The molecular formula is C61H52Cl4N6O3S2. The second-order valence-corrected chi connectivity index (χ2v) is 21.4. The molecule has 0 aliphatic carbocycles. The number of halogens is 4. The molecule has 2 aliphatic rings. The molecule has 0 spiro atoms. The molecule has 0 fully saturated rings. The quantitative estimate of drug-likeness (QED) is 0.0799. The van der Waals surface area contributed by atoms with E-state index in [-0.39, 0.29) is 23.2 Å². The van der Waals surface area contributed by atoms with Gasteiger partial charge in [-0.05, 0) is 143 Å². The highest BCUT2D eigenvalue weighted by atomic mass is 35.5. The van der Waals surface area contributed by atoms with E-state index in [0.29, 0.717) is 33.6 Å². The third-order valence-electron chi connectivity index (χ3n) is 13.1. The molecule has 6 N–H and O–H groups in total. The minimum atomic E-state index is -0.375. The van der Waals surface area contributed by atoms with Crippen molar-refractivity contribution in [2.45, 2.75) is 31.3 Å². The fourth-order valence-electron chi connectivity index (χ4n) is 9.54. The average molecular weight is 1120 g/mol. The van der Waals surface area contributed by atoms with Gasteiger partial charge in [0.1, 0.15) is 6.29 Å². The second kappa shape index (κ2) is 25.8. The van der Waals surface area contributed by atoms with Gasteiger partial charge in [0.2, 0.25) is 0 Å². The number of carbonyl (C=O) groups is 3. The number of amides is 1. The van der Waals surface area contributed by atoms with Crippen LogP contribution in [0.5, 0.6) is 0 Å². The smallest absolute Gasteiger partial charge is 0.264 e. The maximum atomic E-state index is 13.2. The Balaban J connectivity index is 0.000000126. The van der Waals surface area contributed by atoms with Crippen LogP contribution in [0, 0.1) is 0 Å². The number of benzene rings is 6. The maximum absolute atomic E-state index is 13.2. The van der Waals surface area contributed by atoms with Gasteiger partial charge < -0.3 is 30.9 Å². The number of hydrogen-bond acceptors (Lipinski definition) is 7. The maximum Gasteiger partial charge on any atom is 0.264 e. The second-order valence-electron chi connectivity index (χ2n) is 17.8. The Morgan fingerprint density at radius 3 is 1.68 bits per heavy atom. The Morgan fingerprint density at radius 1 is 0.605 bits per heavy atom. The largest absolute Gasteiger partial charge is 0.361 e. The predicted molar refractivity (Wildman–Crippen MR) is 316 cm³/mol. The van der Waals surface area contributed by atoms with Crippen molar-refractivity contribution in [3.8, 4) is 0 Å². The average Bonchev–Trinajstić information content (AvgIpc) is 4.33. The van der Waals surface area contributed by atoms with E-state index in [1.165, 1.54) is 77.8 Å². The number of H-pyrrole nitrogens is 3. The Morgan fingerprint density at radius 2 is 1.13 bits per heavy atom. The van der Waals surface area contributed by atoms with Gasteiger partial charge in [-0.1, -0.05) is 138 Å². The summed E-state index contributed by atoms with van der Waals surface area (Å²) in [4.78, 5) is 47.3. The normalized spacial score (nSPS) is 14.4. The summed E-state index contributed by atoms with van der Waals surface area (Å²) < 4.78 is 0. The lowest BCUT2D eigenvalue weighted by Crippen LogP contribution is -2.40. The fourth-order valence-corrected chi connectivity index (χ4v) is 11.3. The van der Waals surface area contributed by atoms with Crippen LogP contribution in [0.1, 0.15) is 81.0 Å². The van der Waals surface area contributed by atoms with E-state index >= 15 is 0 Å². The van der Waals surface area contributed by atoms with E-state index in [1.807, 2.05) is 82.5 Å². The van der Waals surface area contributed by atoms with Gasteiger partial charge in [0.15, 0.2) is 0 Å². The minimum absolute atomic E-state index is 0.0780. The van der Waals surface area contributed by atoms with Crippen molar-refractivity contribution in [1.82, 2.24) is 25.2 Å². The number of carbonyl (C=O) groups excluding carboxylic acids is 3. The molecule has 76 heavy (non-hydrogen) atoms. The summed E-state index contributed by atoms with van der Waals surface area (Å²) in [6.45, 7) is 2.41. The molecular weight excluding hydrogens is 1070 g/mol. The van der Waals surface area contributed by atoms with Gasteiger partial charge in [-0.2, -0.15) is 0 Å². The summed E-state index contributed by atoms with van der Waals surface area (Å²) in [5.41, 5.74) is 18.5. The number of aromatic nitrogens is 3. The lowest BCUT2D eigenvalue weighted by atomic mass is 9.92. The van der Waals surface area contributed by atoms with E-state index in [0.717, 1.165) is 58.8 Å². The lowest BCUT2D eigenvalue weighted by molar-refractivity contribution is 0.0696. The van der Waals surface area contributed by atoms with Crippen LogP contribution < -0.4 is 11.1 Å². The lowest BCUT2D eigenvalue weighted by Gasteiger charge is -2.36. The van der Waals surface area contributed by atoms with Crippen molar-refractivity contribution < 1.29 is 14.4 Å².